The minimum atomic E-state index is -0.419. The third-order valence-corrected chi connectivity index (χ3v) is 6.52. The Hall–Kier alpha value is -3.25. The number of rotatable bonds is 7. The van der Waals surface area contributed by atoms with Gasteiger partial charge in [-0.25, -0.2) is 9.97 Å². The molecule has 0 saturated carbocycles. The Kier molecular flexibility index (Phi) is 7.58. The molecular weight excluding hydrogens is 491 g/mol. The second kappa shape index (κ2) is 10.8. The molecular formula is C28H28BrFN4. The van der Waals surface area contributed by atoms with E-state index in [9.17, 15) is 0 Å². The summed E-state index contributed by atoms with van der Waals surface area (Å²) in [6.45, 7) is 9.74. The Morgan fingerprint density at radius 3 is 2.74 bits per heavy atom. The molecule has 0 radical (unpaired) electrons. The first-order chi connectivity index (χ1) is 16.5. The first-order valence-electron chi connectivity index (χ1n) is 11.3. The van der Waals surface area contributed by atoms with Gasteiger partial charge < -0.3 is 10.2 Å². The third-order valence-electron chi connectivity index (χ3n) is 5.77. The average Bonchev–Trinajstić information content (AvgIpc) is 2.83. The van der Waals surface area contributed by atoms with E-state index in [4.69, 9.17) is 0 Å². The number of hydrogen-bond donors (Lipinski definition) is 1. The Balaban J connectivity index is 1.47. The smallest absolute Gasteiger partial charge is 0.207 e. The number of halogens is 2. The molecule has 2 aromatic carbocycles. The minimum absolute atomic E-state index is 0.214. The number of anilines is 2. The molecule has 0 spiro atoms. The van der Waals surface area contributed by atoms with Gasteiger partial charge in [0.15, 0.2) is 11.6 Å². The summed E-state index contributed by atoms with van der Waals surface area (Å²) in [6.07, 6.45) is 8.40. The van der Waals surface area contributed by atoms with E-state index in [1.54, 1.807) is 0 Å². The summed E-state index contributed by atoms with van der Waals surface area (Å²) >= 11 is 3.62. The number of hydrogen-bond acceptors (Lipinski definition) is 4. The first kappa shape index (κ1) is 23.9. The summed E-state index contributed by atoms with van der Waals surface area (Å²) in [4.78, 5) is 10.4. The van der Waals surface area contributed by atoms with Gasteiger partial charge in [0, 0.05) is 24.1 Å². The third kappa shape index (κ3) is 5.45. The molecule has 1 N–H and O–H groups in total. The van der Waals surface area contributed by atoms with E-state index < -0.39 is 5.82 Å². The van der Waals surface area contributed by atoms with Crippen LogP contribution in [0.25, 0.3) is 5.57 Å². The van der Waals surface area contributed by atoms with Gasteiger partial charge in [0.25, 0.3) is 0 Å². The number of nitrogens with one attached hydrogen (secondary N) is 1. The van der Waals surface area contributed by atoms with Gasteiger partial charge in [0.1, 0.15) is 6.33 Å². The molecule has 0 bridgehead atoms. The van der Waals surface area contributed by atoms with Crippen LogP contribution < -0.4 is 10.2 Å². The van der Waals surface area contributed by atoms with Crippen LogP contribution >= 0.6 is 15.9 Å². The Bertz CT molecular complexity index is 1250. The molecule has 0 atom stereocenters. The number of allylic oxidation sites excluding steroid dienone is 5. The number of fused-ring (bicyclic) bond motifs is 1. The summed E-state index contributed by atoms with van der Waals surface area (Å²) in [5.41, 5.74) is 6.72. The van der Waals surface area contributed by atoms with Gasteiger partial charge >= 0.3 is 0 Å². The zero-order chi connectivity index (χ0) is 24.1. The molecule has 0 aliphatic carbocycles. The van der Waals surface area contributed by atoms with Gasteiger partial charge in [-0.1, -0.05) is 82.7 Å². The highest BCUT2D eigenvalue weighted by Crippen LogP contribution is 2.30. The fraction of sp³-hybridized carbons (Fsp3) is 0.214. The van der Waals surface area contributed by atoms with Crippen molar-refractivity contribution in [2.45, 2.75) is 33.4 Å². The average molecular weight is 519 g/mol. The van der Waals surface area contributed by atoms with Gasteiger partial charge in [0.2, 0.25) is 5.82 Å². The van der Waals surface area contributed by atoms with Crippen LogP contribution in [-0.4, -0.2) is 16.5 Å². The van der Waals surface area contributed by atoms with Crippen LogP contribution in [0.3, 0.4) is 0 Å². The normalized spacial score (nSPS) is 13.8. The maximum atomic E-state index is 15.3. The fourth-order valence-corrected chi connectivity index (χ4v) is 4.73. The van der Waals surface area contributed by atoms with Crippen molar-refractivity contribution in [2.75, 3.05) is 16.8 Å². The van der Waals surface area contributed by atoms with Crippen LogP contribution in [0.1, 0.15) is 36.1 Å². The lowest BCUT2D eigenvalue weighted by Gasteiger charge is -2.30. The van der Waals surface area contributed by atoms with Crippen LogP contribution in [0.5, 0.6) is 0 Å². The van der Waals surface area contributed by atoms with Crippen molar-refractivity contribution in [3.05, 3.63) is 112 Å². The largest absolute Gasteiger partial charge is 0.363 e. The van der Waals surface area contributed by atoms with E-state index in [1.807, 2.05) is 49.1 Å². The Morgan fingerprint density at radius 2 is 2.00 bits per heavy atom. The molecule has 3 aromatic rings. The number of benzene rings is 2. The molecule has 174 valence electrons. The highest BCUT2D eigenvalue weighted by atomic mass is 79.9. The number of nitrogens with zero attached hydrogens (tertiary/aromatic N) is 3. The van der Waals surface area contributed by atoms with Crippen LogP contribution in [0, 0.1) is 5.82 Å². The molecule has 0 saturated heterocycles. The summed E-state index contributed by atoms with van der Waals surface area (Å²) in [5.74, 6) is 0.127. The molecule has 0 amide bonds. The lowest BCUT2D eigenvalue weighted by Crippen LogP contribution is -2.32. The number of aromatic nitrogens is 2. The van der Waals surface area contributed by atoms with Gasteiger partial charge in [-0.15, -0.1) is 0 Å². The minimum Gasteiger partial charge on any atom is -0.363 e. The predicted molar refractivity (Wildman–Crippen MR) is 142 cm³/mol. The molecule has 4 rings (SSSR count). The van der Waals surface area contributed by atoms with E-state index in [1.165, 1.54) is 17.5 Å². The molecule has 34 heavy (non-hydrogen) atoms. The van der Waals surface area contributed by atoms with Gasteiger partial charge in [-0.05, 0) is 54.2 Å². The van der Waals surface area contributed by atoms with E-state index in [0.717, 1.165) is 33.2 Å². The summed E-state index contributed by atoms with van der Waals surface area (Å²) in [5, 5.41) is 3.14. The summed E-state index contributed by atoms with van der Waals surface area (Å²) < 4.78 is 16.4. The zero-order valence-electron chi connectivity index (χ0n) is 19.5. The van der Waals surface area contributed by atoms with E-state index in [-0.39, 0.29) is 5.82 Å². The predicted octanol–water partition coefficient (Wildman–Crippen LogP) is 7.09. The molecule has 1 aromatic heterocycles. The SMILES string of the molecule is C=C(C)/C=C(\C=C/C)c1ccc(CNc2ncnc(N3CCc4c(Br)cccc4C3)c2F)cc1. The topological polar surface area (TPSA) is 41.1 Å². The van der Waals surface area contributed by atoms with E-state index >= 15 is 4.39 Å². The van der Waals surface area contributed by atoms with Crippen molar-refractivity contribution in [3.63, 3.8) is 0 Å². The van der Waals surface area contributed by atoms with Crippen LogP contribution in [0.15, 0.2) is 83.6 Å². The van der Waals surface area contributed by atoms with Crippen LogP contribution in [0.4, 0.5) is 16.0 Å². The molecule has 0 fully saturated rings. The lowest BCUT2D eigenvalue weighted by molar-refractivity contribution is 0.596. The summed E-state index contributed by atoms with van der Waals surface area (Å²) in [7, 11) is 0. The van der Waals surface area contributed by atoms with Crippen LogP contribution in [-0.2, 0) is 19.5 Å². The summed E-state index contributed by atoms with van der Waals surface area (Å²) in [6, 6.07) is 14.4. The highest BCUT2D eigenvalue weighted by molar-refractivity contribution is 9.10. The van der Waals surface area contributed by atoms with Gasteiger partial charge in [0.05, 0.1) is 0 Å². The molecule has 1 aliphatic rings. The van der Waals surface area contributed by atoms with E-state index in [0.29, 0.717) is 25.5 Å². The van der Waals surface area contributed by atoms with Crippen molar-refractivity contribution in [1.29, 1.82) is 0 Å². The molecule has 0 unspecified atom stereocenters. The molecule has 2 heterocycles. The Labute approximate surface area is 209 Å². The molecule has 1 aliphatic heterocycles. The lowest BCUT2D eigenvalue weighted by atomic mass is 10.00. The van der Waals surface area contributed by atoms with Crippen molar-refractivity contribution < 1.29 is 4.39 Å². The van der Waals surface area contributed by atoms with Crippen molar-refractivity contribution in [3.8, 4) is 0 Å². The second-order valence-electron chi connectivity index (χ2n) is 8.41. The maximum absolute atomic E-state index is 15.3. The van der Waals surface area contributed by atoms with Gasteiger partial charge in [-0.3, -0.25) is 0 Å². The quantitative estimate of drug-likeness (QED) is 0.339. The highest BCUT2D eigenvalue weighted by Gasteiger charge is 2.23. The first-order valence-corrected chi connectivity index (χ1v) is 12.1. The van der Waals surface area contributed by atoms with Crippen LogP contribution in [0.2, 0.25) is 0 Å². The van der Waals surface area contributed by atoms with E-state index in [2.05, 4.69) is 68.1 Å². The molecule has 6 heteroatoms. The van der Waals surface area contributed by atoms with Crippen molar-refractivity contribution in [1.82, 2.24) is 9.97 Å². The van der Waals surface area contributed by atoms with Crippen molar-refractivity contribution >= 4 is 33.1 Å². The molecule has 4 nitrogen and oxygen atoms in total. The monoisotopic (exact) mass is 518 g/mol. The maximum Gasteiger partial charge on any atom is 0.207 e. The Morgan fingerprint density at radius 1 is 1.21 bits per heavy atom. The van der Waals surface area contributed by atoms with Gasteiger partial charge in [-0.2, -0.15) is 4.39 Å². The zero-order valence-corrected chi connectivity index (χ0v) is 21.1. The fourth-order valence-electron chi connectivity index (χ4n) is 4.12. The standard InChI is InChI=1S/C28H28BrFN4/c1-4-6-22(15-19(2)3)21-11-9-20(10-12-21)16-31-27-26(30)28(33-18-32-27)34-14-13-24-23(17-34)7-5-8-25(24)29/h4-12,15,18H,2,13-14,16-17H2,1,3H3,(H,31,32,33)/b6-4-,22-15+. The second-order valence-corrected chi connectivity index (χ2v) is 9.26. The van der Waals surface area contributed by atoms with Crippen molar-refractivity contribution in [2.24, 2.45) is 0 Å².